The third kappa shape index (κ3) is 3.96. The SMILES string of the molecule is Cc1ccc(C=CC=Cc2ccc(C)cc2C)cc1. The fourth-order valence-corrected chi connectivity index (χ4v) is 2.02. The van der Waals surface area contributed by atoms with Gasteiger partial charge in [0, 0.05) is 0 Å². The maximum atomic E-state index is 2.21. The van der Waals surface area contributed by atoms with E-state index >= 15 is 0 Å². The zero-order valence-electron chi connectivity index (χ0n) is 11.9. The molecule has 0 saturated carbocycles. The van der Waals surface area contributed by atoms with E-state index in [4.69, 9.17) is 0 Å². The van der Waals surface area contributed by atoms with Gasteiger partial charge in [0.05, 0.1) is 0 Å². The highest BCUT2D eigenvalue weighted by atomic mass is 14.0. The van der Waals surface area contributed by atoms with E-state index < -0.39 is 0 Å². The van der Waals surface area contributed by atoms with Crippen LogP contribution in [0.2, 0.25) is 0 Å². The van der Waals surface area contributed by atoms with Crippen molar-refractivity contribution in [1.29, 1.82) is 0 Å². The Labute approximate surface area is 116 Å². The van der Waals surface area contributed by atoms with Gasteiger partial charge in [-0.15, -0.1) is 0 Å². The molecule has 0 saturated heterocycles. The van der Waals surface area contributed by atoms with Crippen LogP contribution in [-0.4, -0.2) is 0 Å². The van der Waals surface area contributed by atoms with Crippen molar-refractivity contribution in [3.63, 3.8) is 0 Å². The zero-order chi connectivity index (χ0) is 13.7. The van der Waals surface area contributed by atoms with Crippen LogP contribution >= 0.6 is 0 Å². The molecular formula is C19H20. The molecular weight excluding hydrogens is 228 g/mol. The molecule has 0 aromatic heterocycles. The Morgan fingerprint density at radius 1 is 0.684 bits per heavy atom. The molecule has 2 aromatic rings. The minimum absolute atomic E-state index is 1.23. The molecule has 19 heavy (non-hydrogen) atoms. The van der Waals surface area contributed by atoms with Crippen molar-refractivity contribution in [2.75, 3.05) is 0 Å². The second-order valence-electron chi connectivity index (χ2n) is 4.99. The molecule has 0 heterocycles. The maximum Gasteiger partial charge on any atom is -0.0227 e. The summed E-state index contributed by atoms with van der Waals surface area (Å²) in [5.74, 6) is 0. The quantitative estimate of drug-likeness (QED) is 0.643. The summed E-state index contributed by atoms with van der Waals surface area (Å²) in [5, 5.41) is 0. The molecule has 0 radical (unpaired) electrons. The van der Waals surface area contributed by atoms with E-state index in [0.717, 1.165) is 0 Å². The van der Waals surface area contributed by atoms with Crippen LogP contribution in [0, 0.1) is 20.8 Å². The van der Waals surface area contributed by atoms with Gasteiger partial charge >= 0.3 is 0 Å². The van der Waals surface area contributed by atoms with E-state index in [1.807, 2.05) is 0 Å². The summed E-state index contributed by atoms with van der Waals surface area (Å²) in [6, 6.07) is 15.1. The number of aryl methyl sites for hydroxylation is 3. The van der Waals surface area contributed by atoms with Crippen LogP contribution in [0.15, 0.2) is 54.6 Å². The lowest BCUT2D eigenvalue weighted by molar-refractivity contribution is 1.37. The van der Waals surface area contributed by atoms with E-state index in [1.165, 1.54) is 27.8 Å². The average Bonchev–Trinajstić information content (AvgIpc) is 2.39. The molecule has 0 nitrogen and oxygen atoms in total. The first kappa shape index (κ1) is 13.4. The van der Waals surface area contributed by atoms with Crippen molar-refractivity contribution in [3.8, 4) is 0 Å². The smallest absolute Gasteiger partial charge is 0.0227 e. The summed E-state index contributed by atoms with van der Waals surface area (Å²) in [6.07, 6.45) is 8.46. The first-order chi connectivity index (χ1) is 9.15. The van der Waals surface area contributed by atoms with Crippen molar-refractivity contribution < 1.29 is 0 Å². The summed E-state index contributed by atoms with van der Waals surface area (Å²) in [4.78, 5) is 0. The van der Waals surface area contributed by atoms with Gasteiger partial charge in [-0.05, 0) is 37.5 Å². The molecule has 0 aliphatic heterocycles. The molecule has 0 N–H and O–H groups in total. The van der Waals surface area contributed by atoms with Gasteiger partial charge in [0.1, 0.15) is 0 Å². The molecule has 2 aromatic carbocycles. The molecule has 0 heteroatoms. The number of hydrogen-bond acceptors (Lipinski definition) is 0. The van der Waals surface area contributed by atoms with Crippen molar-refractivity contribution in [2.24, 2.45) is 0 Å². The third-order valence-corrected chi connectivity index (χ3v) is 3.18. The topological polar surface area (TPSA) is 0 Å². The fourth-order valence-electron chi connectivity index (χ4n) is 2.02. The summed E-state index contributed by atoms with van der Waals surface area (Å²) in [5.41, 5.74) is 6.43. The molecule has 0 fully saturated rings. The fraction of sp³-hybridized carbons (Fsp3) is 0.158. The predicted molar refractivity (Wildman–Crippen MR) is 85.2 cm³/mol. The van der Waals surface area contributed by atoms with Crippen molar-refractivity contribution >= 4 is 12.2 Å². The Bertz CT molecular complexity index is 598. The summed E-state index contributed by atoms with van der Waals surface area (Å²) < 4.78 is 0. The molecule has 0 bridgehead atoms. The Hall–Kier alpha value is -2.08. The molecule has 0 unspecified atom stereocenters. The van der Waals surface area contributed by atoms with Gasteiger partial charge in [-0.25, -0.2) is 0 Å². The van der Waals surface area contributed by atoms with Crippen LogP contribution in [0.4, 0.5) is 0 Å². The largest absolute Gasteiger partial charge is 0.0617 e. The highest BCUT2D eigenvalue weighted by molar-refractivity contribution is 5.59. The zero-order valence-corrected chi connectivity index (χ0v) is 11.9. The Kier molecular flexibility index (Phi) is 4.35. The molecule has 0 aliphatic carbocycles. The van der Waals surface area contributed by atoms with Crippen molar-refractivity contribution in [3.05, 3.63) is 82.4 Å². The van der Waals surface area contributed by atoms with Gasteiger partial charge in [0.2, 0.25) is 0 Å². The van der Waals surface area contributed by atoms with Gasteiger partial charge in [-0.2, -0.15) is 0 Å². The molecule has 0 amide bonds. The monoisotopic (exact) mass is 248 g/mol. The normalized spacial score (nSPS) is 11.5. The first-order valence-corrected chi connectivity index (χ1v) is 6.64. The molecule has 96 valence electrons. The highest BCUT2D eigenvalue weighted by Crippen LogP contribution is 2.12. The van der Waals surface area contributed by atoms with Gasteiger partial charge < -0.3 is 0 Å². The van der Waals surface area contributed by atoms with Gasteiger partial charge in [0.15, 0.2) is 0 Å². The van der Waals surface area contributed by atoms with Crippen LogP contribution in [0.5, 0.6) is 0 Å². The van der Waals surface area contributed by atoms with Crippen LogP contribution in [-0.2, 0) is 0 Å². The predicted octanol–water partition coefficient (Wildman–Crippen LogP) is 5.34. The van der Waals surface area contributed by atoms with E-state index in [9.17, 15) is 0 Å². The lowest BCUT2D eigenvalue weighted by Gasteiger charge is -2.00. The highest BCUT2D eigenvalue weighted by Gasteiger charge is 1.92. The number of rotatable bonds is 3. The summed E-state index contributed by atoms with van der Waals surface area (Å²) >= 11 is 0. The number of benzene rings is 2. The standard InChI is InChI=1S/C19H20/c1-15-8-11-18(12-9-15)6-4-5-7-19-13-10-16(2)14-17(19)3/h4-14H,1-3H3. The van der Waals surface area contributed by atoms with Gasteiger partial charge in [-0.1, -0.05) is 77.9 Å². The minimum atomic E-state index is 1.23. The molecule has 2 rings (SSSR count). The van der Waals surface area contributed by atoms with Gasteiger partial charge in [-0.3, -0.25) is 0 Å². The number of allylic oxidation sites excluding steroid dienone is 2. The Morgan fingerprint density at radius 2 is 1.32 bits per heavy atom. The first-order valence-electron chi connectivity index (χ1n) is 6.64. The molecule has 0 spiro atoms. The maximum absolute atomic E-state index is 2.21. The Balaban J connectivity index is 2.05. The van der Waals surface area contributed by atoms with Crippen LogP contribution < -0.4 is 0 Å². The van der Waals surface area contributed by atoms with Crippen LogP contribution in [0.3, 0.4) is 0 Å². The second kappa shape index (κ2) is 6.19. The Morgan fingerprint density at radius 3 is 2.00 bits per heavy atom. The van der Waals surface area contributed by atoms with Crippen molar-refractivity contribution in [1.82, 2.24) is 0 Å². The lowest BCUT2D eigenvalue weighted by atomic mass is 10.1. The van der Waals surface area contributed by atoms with E-state index in [0.29, 0.717) is 0 Å². The minimum Gasteiger partial charge on any atom is -0.0617 e. The lowest BCUT2D eigenvalue weighted by Crippen LogP contribution is -1.81. The summed E-state index contributed by atoms with van der Waals surface area (Å²) in [6.45, 7) is 6.38. The second-order valence-corrected chi connectivity index (χ2v) is 4.99. The number of hydrogen-bond donors (Lipinski definition) is 0. The van der Waals surface area contributed by atoms with E-state index in [2.05, 4.69) is 87.5 Å². The summed E-state index contributed by atoms with van der Waals surface area (Å²) in [7, 11) is 0. The van der Waals surface area contributed by atoms with Crippen molar-refractivity contribution in [2.45, 2.75) is 20.8 Å². The molecule has 0 aliphatic rings. The average molecular weight is 248 g/mol. The van der Waals surface area contributed by atoms with Crippen LogP contribution in [0.1, 0.15) is 27.8 Å². The van der Waals surface area contributed by atoms with Gasteiger partial charge in [0.25, 0.3) is 0 Å². The molecule has 0 atom stereocenters. The third-order valence-electron chi connectivity index (χ3n) is 3.18. The van der Waals surface area contributed by atoms with Crippen LogP contribution in [0.25, 0.3) is 12.2 Å². The van der Waals surface area contributed by atoms with E-state index in [1.54, 1.807) is 0 Å². The van der Waals surface area contributed by atoms with E-state index in [-0.39, 0.29) is 0 Å².